The largest absolute Gasteiger partial charge is 0.457 e. The van der Waals surface area contributed by atoms with E-state index >= 15 is 0 Å². The predicted octanol–water partition coefficient (Wildman–Crippen LogP) is 6.52. The van der Waals surface area contributed by atoms with Gasteiger partial charge in [0.2, 0.25) is 0 Å². The average molecular weight is 503 g/mol. The number of rotatable bonds is 14. The van der Waals surface area contributed by atoms with E-state index in [1.165, 1.54) is 0 Å². The Hall–Kier alpha value is -3.25. The van der Waals surface area contributed by atoms with E-state index in [0.29, 0.717) is 19.8 Å². The molecule has 0 spiro atoms. The van der Waals surface area contributed by atoms with Gasteiger partial charge in [0.25, 0.3) is 0 Å². The SMILES string of the molecule is C=C[C@@H](OCc1ccccc1)[C@H](OCc1ccccc1)[C@@H](COCc1ccccc1)OC(=O)C(C)(C)C. The molecule has 0 fully saturated rings. The lowest BCUT2D eigenvalue weighted by atomic mass is 9.97. The molecule has 0 aliphatic heterocycles. The van der Waals surface area contributed by atoms with Crippen LogP contribution in [0.15, 0.2) is 104 Å². The van der Waals surface area contributed by atoms with Crippen LogP contribution in [0.5, 0.6) is 0 Å². The van der Waals surface area contributed by atoms with Gasteiger partial charge in [0, 0.05) is 0 Å². The van der Waals surface area contributed by atoms with Crippen molar-refractivity contribution in [2.75, 3.05) is 6.61 Å². The normalized spacial score (nSPS) is 13.9. The van der Waals surface area contributed by atoms with Crippen LogP contribution in [0.2, 0.25) is 0 Å². The monoisotopic (exact) mass is 502 g/mol. The molecule has 196 valence electrons. The van der Waals surface area contributed by atoms with Crippen LogP contribution in [0, 0.1) is 5.41 Å². The van der Waals surface area contributed by atoms with Gasteiger partial charge in [0.05, 0.1) is 31.8 Å². The van der Waals surface area contributed by atoms with E-state index in [2.05, 4.69) is 6.58 Å². The first-order valence-corrected chi connectivity index (χ1v) is 12.6. The Bertz CT molecular complexity index is 1060. The Kier molecular flexibility index (Phi) is 11.1. The first-order chi connectivity index (χ1) is 17.9. The minimum atomic E-state index is -0.710. The predicted molar refractivity (Wildman–Crippen MR) is 146 cm³/mol. The zero-order valence-electron chi connectivity index (χ0n) is 22.0. The highest BCUT2D eigenvalue weighted by Gasteiger charge is 2.36. The molecule has 0 aliphatic rings. The van der Waals surface area contributed by atoms with E-state index in [0.717, 1.165) is 16.7 Å². The number of ether oxygens (including phenoxy) is 4. The Morgan fingerprint density at radius 2 is 1.22 bits per heavy atom. The van der Waals surface area contributed by atoms with Crippen LogP contribution in [0.3, 0.4) is 0 Å². The number of esters is 1. The van der Waals surface area contributed by atoms with Gasteiger partial charge in [-0.15, -0.1) is 6.58 Å². The van der Waals surface area contributed by atoms with Crippen LogP contribution in [0.1, 0.15) is 37.5 Å². The van der Waals surface area contributed by atoms with Crippen LogP contribution in [-0.4, -0.2) is 30.9 Å². The standard InChI is InChI=1S/C32H38O5/c1-5-28(35-22-26-17-11-7-12-18-26)30(36-23-27-19-13-8-14-20-27)29(37-31(33)32(2,3)4)24-34-21-25-15-9-6-10-16-25/h5-20,28-30H,1,21-24H2,2-4H3/t28-,29-,30+/m1/s1. The van der Waals surface area contributed by atoms with Gasteiger partial charge in [0.1, 0.15) is 12.2 Å². The molecule has 0 saturated carbocycles. The molecule has 3 aromatic carbocycles. The van der Waals surface area contributed by atoms with E-state index < -0.39 is 23.7 Å². The molecular weight excluding hydrogens is 464 g/mol. The minimum absolute atomic E-state index is 0.148. The molecule has 0 aromatic heterocycles. The summed E-state index contributed by atoms with van der Waals surface area (Å²) in [5.41, 5.74) is 2.38. The Balaban J connectivity index is 1.82. The Labute approximate surface area is 221 Å². The third-order valence-corrected chi connectivity index (χ3v) is 5.76. The highest BCUT2D eigenvalue weighted by molar-refractivity contribution is 5.75. The van der Waals surface area contributed by atoms with Gasteiger partial charge in [-0.3, -0.25) is 4.79 Å². The second-order valence-electron chi connectivity index (χ2n) is 9.95. The summed E-state index contributed by atoms with van der Waals surface area (Å²) < 4.78 is 24.7. The minimum Gasteiger partial charge on any atom is -0.457 e. The van der Waals surface area contributed by atoms with Crippen molar-refractivity contribution in [2.45, 2.75) is 58.9 Å². The highest BCUT2D eigenvalue weighted by atomic mass is 16.6. The summed E-state index contributed by atoms with van der Waals surface area (Å²) in [6, 6.07) is 29.7. The summed E-state index contributed by atoms with van der Waals surface area (Å²) in [5.74, 6) is -0.333. The summed E-state index contributed by atoms with van der Waals surface area (Å²) in [4.78, 5) is 13.0. The second kappa shape index (κ2) is 14.5. The van der Waals surface area contributed by atoms with Crippen molar-refractivity contribution in [3.05, 3.63) is 120 Å². The summed E-state index contributed by atoms with van der Waals surface area (Å²) in [5, 5.41) is 0. The van der Waals surface area contributed by atoms with Gasteiger partial charge in [0.15, 0.2) is 6.10 Å². The quantitative estimate of drug-likeness (QED) is 0.186. The van der Waals surface area contributed by atoms with Crippen LogP contribution in [-0.2, 0) is 43.6 Å². The molecule has 0 saturated heterocycles. The maximum absolute atomic E-state index is 13.0. The maximum atomic E-state index is 13.0. The molecule has 0 unspecified atom stereocenters. The van der Waals surface area contributed by atoms with Crippen LogP contribution in [0.4, 0.5) is 0 Å². The first kappa shape index (κ1) is 28.3. The summed E-state index contributed by atoms with van der Waals surface area (Å²) in [6.45, 7) is 10.7. The fourth-order valence-corrected chi connectivity index (χ4v) is 3.62. The molecule has 5 heteroatoms. The molecule has 0 N–H and O–H groups in total. The number of carbonyl (C=O) groups is 1. The van der Waals surface area contributed by atoms with E-state index in [9.17, 15) is 4.79 Å². The van der Waals surface area contributed by atoms with E-state index in [-0.39, 0.29) is 12.6 Å². The number of hydrogen-bond acceptors (Lipinski definition) is 5. The number of hydrogen-bond donors (Lipinski definition) is 0. The summed E-state index contributed by atoms with van der Waals surface area (Å²) in [7, 11) is 0. The summed E-state index contributed by atoms with van der Waals surface area (Å²) >= 11 is 0. The van der Waals surface area contributed by atoms with Crippen molar-refractivity contribution in [3.63, 3.8) is 0 Å². The first-order valence-electron chi connectivity index (χ1n) is 12.6. The van der Waals surface area contributed by atoms with Crippen molar-refractivity contribution in [2.24, 2.45) is 5.41 Å². The van der Waals surface area contributed by atoms with Crippen LogP contribution in [0.25, 0.3) is 0 Å². The fourth-order valence-electron chi connectivity index (χ4n) is 3.62. The van der Waals surface area contributed by atoms with Crippen molar-refractivity contribution in [3.8, 4) is 0 Å². The molecule has 3 atom stereocenters. The molecule has 3 rings (SSSR count). The lowest BCUT2D eigenvalue weighted by molar-refractivity contribution is -0.184. The van der Waals surface area contributed by atoms with Crippen molar-refractivity contribution >= 4 is 5.97 Å². The van der Waals surface area contributed by atoms with E-state index in [4.69, 9.17) is 18.9 Å². The molecule has 0 amide bonds. The highest BCUT2D eigenvalue weighted by Crippen LogP contribution is 2.23. The molecule has 0 bridgehead atoms. The van der Waals surface area contributed by atoms with Gasteiger partial charge in [-0.2, -0.15) is 0 Å². The van der Waals surface area contributed by atoms with Gasteiger partial charge in [-0.1, -0.05) is 97.1 Å². The van der Waals surface area contributed by atoms with E-state index in [1.807, 2.05) is 112 Å². The zero-order chi connectivity index (χ0) is 26.5. The topological polar surface area (TPSA) is 54.0 Å². The van der Waals surface area contributed by atoms with Crippen LogP contribution < -0.4 is 0 Å². The lowest BCUT2D eigenvalue weighted by Crippen LogP contribution is -2.46. The second-order valence-corrected chi connectivity index (χ2v) is 9.95. The van der Waals surface area contributed by atoms with Crippen molar-refractivity contribution < 1.29 is 23.7 Å². The molecular formula is C32H38O5. The van der Waals surface area contributed by atoms with Crippen molar-refractivity contribution in [1.29, 1.82) is 0 Å². The third kappa shape index (κ3) is 9.62. The molecule has 37 heavy (non-hydrogen) atoms. The fraction of sp³-hybridized carbons (Fsp3) is 0.344. The molecule has 3 aromatic rings. The van der Waals surface area contributed by atoms with Gasteiger partial charge >= 0.3 is 5.97 Å². The van der Waals surface area contributed by atoms with Crippen molar-refractivity contribution in [1.82, 2.24) is 0 Å². The molecule has 0 radical (unpaired) electrons. The zero-order valence-corrected chi connectivity index (χ0v) is 22.0. The Morgan fingerprint density at radius 3 is 1.68 bits per heavy atom. The molecule has 5 nitrogen and oxygen atoms in total. The summed E-state index contributed by atoms with van der Waals surface area (Å²) in [6.07, 6.45) is -0.184. The maximum Gasteiger partial charge on any atom is 0.311 e. The molecule has 0 heterocycles. The lowest BCUT2D eigenvalue weighted by Gasteiger charge is -2.33. The number of benzene rings is 3. The average Bonchev–Trinajstić information content (AvgIpc) is 2.91. The Morgan fingerprint density at radius 1 is 0.757 bits per heavy atom. The van der Waals surface area contributed by atoms with Gasteiger partial charge in [-0.25, -0.2) is 0 Å². The number of carbonyl (C=O) groups excluding carboxylic acids is 1. The van der Waals surface area contributed by atoms with Crippen LogP contribution >= 0.6 is 0 Å². The third-order valence-electron chi connectivity index (χ3n) is 5.76. The van der Waals surface area contributed by atoms with E-state index in [1.54, 1.807) is 6.08 Å². The van der Waals surface area contributed by atoms with Gasteiger partial charge in [-0.05, 0) is 37.5 Å². The van der Waals surface area contributed by atoms with Gasteiger partial charge < -0.3 is 18.9 Å². The smallest absolute Gasteiger partial charge is 0.311 e. The molecule has 0 aliphatic carbocycles.